The highest BCUT2D eigenvalue weighted by Gasteiger charge is 2.60. The predicted molar refractivity (Wildman–Crippen MR) is 92.5 cm³/mol. The molecule has 1 aromatic carbocycles. The number of carbonyl (C=O) groups excluding carboxylic acids is 1. The van der Waals surface area contributed by atoms with Crippen molar-refractivity contribution >= 4 is 14.3 Å². The number of hydrogen-bond donors (Lipinski definition) is 0. The van der Waals surface area contributed by atoms with Gasteiger partial charge in [-0.25, -0.2) is 0 Å². The molecule has 0 amide bonds. The monoisotopic (exact) mass is 334 g/mol. The quantitative estimate of drug-likeness (QED) is 0.316. The maximum absolute atomic E-state index is 11.8. The molecule has 2 unspecified atom stereocenters. The topological polar surface area (TPSA) is 44.8 Å². The largest absolute Gasteiger partial charge is 0.469 e. The van der Waals surface area contributed by atoms with E-state index in [0.717, 1.165) is 5.56 Å². The molecule has 1 aliphatic carbocycles. The van der Waals surface area contributed by atoms with E-state index in [2.05, 4.69) is 19.6 Å². The van der Waals surface area contributed by atoms with Crippen LogP contribution in [0.1, 0.15) is 12.0 Å². The molecule has 0 heterocycles. The fourth-order valence-electron chi connectivity index (χ4n) is 2.65. The van der Waals surface area contributed by atoms with Crippen LogP contribution in [-0.2, 0) is 25.3 Å². The van der Waals surface area contributed by atoms with Crippen LogP contribution in [-0.4, -0.2) is 33.6 Å². The van der Waals surface area contributed by atoms with Crippen molar-refractivity contribution in [3.63, 3.8) is 0 Å². The second kappa shape index (κ2) is 7.42. The summed E-state index contributed by atoms with van der Waals surface area (Å²) in [5, 5.41) is 0. The van der Waals surface area contributed by atoms with Gasteiger partial charge in [-0.3, -0.25) is 4.79 Å². The van der Waals surface area contributed by atoms with E-state index < -0.39 is 13.9 Å². The zero-order valence-electron chi connectivity index (χ0n) is 14.4. The van der Waals surface area contributed by atoms with Crippen molar-refractivity contribution in [1.82, 2.24) is 0 Å². The van der Waals surface area contributed by atoms with Crippen molar-refractivity contribution in [3.05, 3.63) is 48.0 Å². The maximum Gasteiger partial charge on any atom is 0.312 e. The van der Waals surface area contributed by atoms with Gasteiger partial charge in [-0.05, 0) is 31.6 Å². The molecule has 0 aromatic heterocycles. The Kier molecular flexibility index (Phi) is 5.78. The Bertz CT molecular complexity index is 550. The van der Waals surface area contributed by atoms with E-state index in [1.807, 2.05) is 42.5 Å². The summed E-state index contributed by atoms with van der Waals surface area (Å²) in [7, 11) is -0.328. The van der Waals surface area contributed by atoms with Crippen molar-refractivity contribution in [2.75, 3.05) is 13.7 Å². The first-order valence-corrected chi connectivity index (χ1v) is 11.3. The first-order chi connectivity index (χ1) is 10.9. The molecule has 1 aromatic rings. The first-order valence-electron chi connectivity index (χ1n) is 7.94. The van der Waals surface area contributed by atoms with Gasteiger partial charge in [0.25, 0.3) is 0 Å². The average Bonchev–Trinajstić information content (AvgIpc) is 3.19. The minimum atomic E-state index is -1.75. The third kappa shape index (κ3) is 5.30. The van der Waals surface area contributed by atoms with Crippen LogP contribution in [0.5, 0.6) is 0 Å². The van der Waals surface area contributed by atoms with Gasteiger partial charge < -0.3 is 13.9 Å². The first kappa shape index (κ1) is 17.9. The number of methoxy groups -OCH3 is 1. The van der Waals surface area contributed by atoms with E-state index in [0.29, 0.717) is 19.6 Å². The summed E-state index contributed by atoms with van der Waals surface area (Å²) in [4.78, 5) is 11.8. The van der Waals surface area contributed by atoms with Crippen LogP contribution in [0.15, 0.2) is 42.5 Å². The van der Waals surface area contributed by atoms with Gasteiger partial charge >= 0.3 is 5.97 Å². The second-order valence-corrected chi connectivity index (χ2v) is 11.3. The third-order valence-corrected chi connectivity index (χ3v) is 4.65. The van der Waals surface area contributed by atoms with Crippen molar-refractivity contribution < 1.29 is 18.7 Å². The molecule has 4 nitrogen and oxygen atoms in total. The minimum absolute atomic E-state index is 0.190. The third-order valence-electron chi connectivity index (χ3n) is 3.66. The lowest BCUT2D eigenvalue weighted by atomic mass is 10.2. The number of hydrogen-bond acceptors (Lipinski definition) is 4. The molecule has 2 atom stereocenters. The zero-order valence-corrected chi connectivity index (χ0v) is 15.4. The van der Waals surface area contributed by atoms with Gasteiger partial charge in [-0.15, -0.1) is 0 Å². The lowest BCUT2D eigenvalue weighted by Crippen LogP contribution is -2.34. The van der Waals surface area contributed by atoms with Crippen LogP contribution < -0.4 is 0 Å². The molecule has 0 radical (unpaired) electrons. The molecular weight excluding hydrogens is 308 g/mol. The van der Waals surface area contributed by atoms with E-state index in [-0.39, 0.29) is 11.9 Å². The summed E-state index contributed by atoms with van der Waals surface area (Å²) in [6.45, 7) is 7.45. The maximum atomic E-state index is 11.8. The molecule has 1 saturated carbocycles. The summed E-state index contributed by atoms with van der Waals surface area (Å²) < 4.78 is 16.7. The molecule has 23 heavy (non-hydrogen) atoms. The van der Waals surface area contributed by atoms with E-state index in [1.165, 1.54) is 7.11 Å². The molecule has 0 N–H and O–H groups in total. The molecule has 2 rings (SSSR count). The van der Waals surface area contributed by atoms with Gasteiger partial charge in [0.15, 0.2) is 8.32 Å². The molecule has 0 bridgehead atoms. The summed E-state index contributed by atoms with van der Waals surface area (Å²) in [5.74, 6) is -0.386. The van der Waals surface area contributed by atoms with Crippen LogP contribution in [0.2, 0.25) is 19.6 Å². The van der Waals surface area contributed by atoms with Gasteiger partial charge in [0.1, 0.15) is 0 Å². The molecular formula is C18H26O4Si. The van der Waals surface area contributed by atoms with Gasteiger partial charge in [-0.2, -0.15) is 0 Å². The molecule has 126 valence electrons. The Morgan fingerprint density at radius 2 is 2.00 bits per heavy atom. The van der Waals surface area contributed by atoms with Crippen molar-refractivity contribution in [1.29, 1.82) is 0 Å². The highest BCUT2D eigenvalue weighted by atomic mass is 28.4. The molecule has 0 spiro atoms. The Hall–Kier alpha value is -1.43. The Balaban J connectivity index is 1.87. The summed E-state index contributed by atoms with van der Waals surface area (Å²) in [6.07, 6.45) is 4.63. The number of benzene rings is 1. The smallest absolute Gasteiger partial charge is 0.312 e. The van der Waals surface area contributed by atoms with Crippen LogP contribution >= 0.6 is 0 Å². The molecule has 1 aliphatic rings. The summed E-state index contributed by atoms with van der Waals surface area (Å²) in [6, 6.07) is 10.1. The van der Waals surface area contributed by atoms with Crippen LogP contribution in [0, 0.1) is 5.92 Å². The number of ether oxygens (including phenoxy) is 2. The fourth-order valence-corrected chi connectivity index (χ4v) is 4.09. The summed E-state index contributed by atoms with van der Waals surface area (Å²) >= 11 is 0. The lowest BCUT2D eigenvalue weighted by Gasteiger charge is -2.24. The Morgan fingerprint density at radius 3 is 2.61 bits per heavy atom. The van der Waals surface area contributed by atoms with Crippen molar-refractivity contribution in [2.24, 2.45) is 5.92 Å². The molecule has 1 fully saturated rings. The van der Waals surface area contributed by atoms with Crippen LogP contribution in [0.3, 0.4) is 0 Å². The van der Waals surface area contributed by atoms with Crippen molar-refractivity contribution in [3.8, 4) is 0 Å². The zero-order chi connectivity index (χ0) is 16.9. The second-order valence-electron chi connectivity index (χ2n) is 6.85. The van der Waals surface area contributed by atoms with Crippen LogP contribution in [0.4, 0.5) is 0 Å². The standard InChI is InChI=1S/C18H26O4Si/c1-20-17(19)16-13-18(16,22-23(2,3)4)11-8-12-21-14-15-9-6-5-7-10-15/h5-11,16H,12-14H2,1-4H3/b11-8+. The van der Waals surface area contributed by atoms with Crippen LogP contribution in [0.25, 0.3) is 0 Å². The number of rotatable bonds is 8. The van der Waals surface area contributed by atoms with Gasteiger partial charge in [0, 0.05) is 0 Å². The van der Waals surface area contributed by atoms with Gasteiger partial charge in [-0.1, -0.05) is 42.5 Å². The summed E-state index contributed by atoms with van der Waals surface area (Å²) in [5.41, 5.74) is 0.654. The van der Waals surface area contributed by atoms with Gasteiger partial charge in [0.2, 0.25) is 0 Å². The average molecular weight is 334 g/mol. The van der Waals surface area contributed by atoms with Gasteiger partial charge in [0.05, 0.1) is 31.8 Å². The van der Waals surface area contributed by atoms with E-state index in [4.69, 9.17) is 13.9 Å². The van der Waals surface area contributed by atoms with E-state index in [1.54, 1.807) is 0 Å². The number of esters is 1. The number of carbonyl (C=O) groups is 1. The lowest BCUT2D eigenvalue weighted by molar-refractivity contribution is -0.143. The minimum Gasteiger partial charge on any atom is -0.469 e. The fraction of sp³-hybridized carbons (Fsp3) is 0.500. The predicted octanol–water partition coefficient (Wildman–Crippen LogP) is 3.54. The van der Waals surface area contributed by atoms with E-state index in [9.17, 15) is 4.79 Å². The highest BCUT2D eigenvalue weighted by molar-refractivity contribution is 6.69. The van der Waals surface area contributed by atoms with Crippen molar-refractivity contribution in [2.45, 2.75) is 38.3 Å². The SMILES string of the molecule is COC(=O)C1CC1(/C=C/COCc1ccccc1)O[Si](C)(C)C. The highest BCUT2D eigenvalue weighted by Crippen LogP contribution is 2.50. The molecule has 5 heteroatoms. The Morgan fingerprint density at radius 1 is 1.30 bits per heavy atom. The molecule has 0 saturated heterocycles. The van der Waals surface area contributed by atoms with E-state index >= 15 is 0 Å². The Labute approximate surface area is 139 Å². The molecule has 0 aliphatic heterocycles. The normalized spacial score (nSPS) is 23.9.